The SMILES string of the molecule is CNCc1sccc1S(=O)(=O)N(C)Cc1cccs1. The number of nitrogens with zero attached hydrogens (tertiary/aromatic N) is 1. The second-order valence-corrected chi connectivity index (χ2v) is 8.13. The fourth-order valence-electron chi connectivity index (χ4n) is 1.72. The third-order valence-electron chi connectivity index (χ3n) is 2.69. The molecule has 4 nitrogen and oxygen atoms in total. The zero-order valence-electron chi connectivity index (χ0n) is 10.8. The van der Waals surface area contributed by atoms with Crippen LogP contribution in [0.4, 0.5) is 0 Å². The lowest BCUT2D eigenvalue weighted by molar-refractivity contribution is 0.469. The minimum atomic E-state index is -3.41. The normalized spacial score (nSPS) is 12.2. The molecule has 104 valence electrons. The summed E-state index contributed by atoms with van der Waals surface area (Å²) in [5.74, 6) is 0. The Morgan fingerprint density at radius 2 is 2.05 bits per heavy atom. The fourth-order valence-corrected chi connectivity index (χ4v) is 5.13. The molecule has 1 N–H and O–H groups in total. The molecule has 0 amide bonds. The Morgan fingerprint density at radius 3 is 2.68 bits per heavy atom. The molecule has 0 aliphatic heterocycles. The van der Waals surface area contributed by atoms with Crippen LogP contribution in [0.1, 0.15) is 9.75 Å². The lowest BCUT2D eigenvalue weighted by Gasteiger charge is -2.16. The summed E-state index contributed by atoms with van der Waals surface area (Å²) in [4.78, 5) is 2.29. The van der Waals surface area contributed by atoms with Gasteiger partial charge in [-0.1, -0.05) is 6.07 Å². The van der Waals surface area contributed by atoms with Crippen LogP contribution in [-0.2, 0) is 23.1 Å². The average molecular weight is 316 g/mol. The molecular weight excluding hydrogens is 300 g/mol. The molecule has 2 heterocycles. The van der Waals surface area contributed by atoms with Gasteiger partial charge in [0, 0.05) is 29.9 Å². The maximum Gasteiger partial charge on any atom is 0.244 e. The van der Waals surface area contributed by atoms with E-state index >= 15 is 0 Å². The van der Waals surface area contributed by atoms with Gasteiger partial charge in [0.15, 0.2) is 0 Å². The van der Waals surface area contributed by atoms with Gasteiger partial charge in [-0.3, -0.25) is 0 Å². The van der Waals surface area contributed by atoms with E-state index in [1.807, 2.05) is 29.9 Å². The van der Waals surface area contributed by atoms with Crippen LogP contribution in [0.5, 0.6) is 0 Å². The third-order valence-corrected chi connectivity index (χ3v) is 6.49. The van der Waals surface area contributed by atoms with Crippen molar-refractivity contribution in [2.75, 3.05) is 14.1 Å². The standard InChI is InChI=1S/C12H16N2O2S3/c1-13-8-11-12(5-7-18-11)19(15,16)14(2)9-10-4-3-6-17-10/h3-7,13H,8-9H2,1-2H3. The monoisotopic (exact) mass is 316 g/mol. The second kappa shape index (κ2) is 6.15. The Balaban J connectivity index is 2.23. The van der Waals surface area contributed by atoms with E-state index in [0.29, 0.717) is 18.0 Å². The molecule has 0 radical (unpaired) electrons. The van der Waals surface area contributed by atoms with Gasteiger partial charge in [0.2, 0.25) is 10.0 Å². The zero-order valence-corrected chi connectivity index (χ0v) is 13.2. The van der Waals surface area contributed by atoms with Crippen molar-refractivity contribution in [2.45, 2.75) is 18.0 Å². The smallest absolute Gasteiger partial charge is 0.244 e. The van der Waals surface area contributed by atoms with Gasteiger partial charge in [-0.05, 0) is 29.9 Å². The molecule has 0 aromatic carbocycles. The molecule has 0 fully saturated rings. The van der Waals surface area contributed by atoms with Crippen molar-refractivity contribution >= 4 is 32.7 Å². The van der Waals surface area contributed by atoms with Crippen LogP contribution >= 0.6 is 22.7 Å². The first-order chi connectivity index (χ1) is 9.05. The molecule has 0 atom stereocenters. The van der Waals surface area contributed by atoms with E-state index in [-0.39, 0.29) is 0 Å². The summed E-state index contributed by atoms with van der Waals surface area (Å²) in [6.45, 7) is 0.980. The van der Waals surface area contributed by atoms with Crippen molar-refractivity contribution in [1.29, 1.82) is 0 Å². The van der Waals surface area contributed by atoms with E-state index in [1.165, 1.54) is 15.6 Å². The number of nitrogens with one attached hydrogen (secondary N) is 1. The summed E-state index contributed by atoms with van der Waals surface area (Å²) in [5, 5.41) is 6.77. The molecule has 0 unspecified atom stereocenters. The number of hydrogen-bond acceptors (Lipinski definition) is 5. The third kappa shape index (κ3) is 3.24. The Hall–Kier alpha value is -0.730. The average Bonchev–Trinajstić information content (AvgIpc) is 3.00. The maximum absolute atomic E-state index is 12.5. The molecule has 0 aliphatic rings. The molecule has 0 bridgehead atoms. The van der Waals surface area contributed by atoms with Crippen LogP contribution in [0, 0.1) is 0 Å². The zero-order chi connectivity index (χ0) is 13.9. The van der Waals surface area contributed by atoms with Crippen molar-refractivity contribution in [3.63, 3.8) is 0 Å². The van der Waals surface area contributed by atoms with Crippen LogP contribution in [0.15, 0.2) is 33.9 Å². The Labute approximate surface area is 121 Å². The topological polar surface area (TPSA) is 49.4 Å². The first-order valence-electron chi connectivity index (χ1n) is 5.75. The van der Waals surface area contributed by atoms with Crippen molar-refractivity contribution < 1.29 is 8.42 Å². The molecule has 2 rings (SSSR count). The highest BCUT2D eigenvalue weighted by Gasteiger charge is 2.24. The Kier molecular flexibility index (Phi) is 4.75. The van der Waals surface area contributed by atoms with Crippen LogP contribution < -0.4 is 5.32 Å². The molecule has 19 heavy (non-hydrogen) atoms. The van der Waals surface area contributed by atoms with Crippen molar-refractivity contribution in [1.82, 2.24) is 9.62 Å². The molecule has 0 spiro atoms. The first kappa shape index (κ1) is 14.7. The van der Waals surface area contributed by atoms with Gasteiger partial charge in [0.25, 0.3) is 0 Å². The molecule has 2 aromatic rings. The first-order valence-corrected chi connectivity index (χ1v) is 8.95. The van der Waals surface area contributed by atoms with Gasteiger partial charge in [-0.2, -0.15) is 4.31 Å². The van der Waals surface area contributed by atoms with Gasteiger partial charge < -0.3 is 5.32 Å². The summed E-state index contributed by atoms with van der Waals surface area (Å²) < 4.78 is 26.5. The van der Waals surface area contributed by atoms with Crippen molar-refractivity contribution in [2.24, 2.45) is 0 Å². The van der Waals surface area contributed by atoms with Gasteiger partial charge >= 0.3 is 0 Å². The molecule has 0 aliphatic carbocycles. The lowest BCUT2D eigenvalue weighted by Crippen LogP contribution is -2.26. The number of sulfonamides is 1. The highest BCUT2D eigenvalue weighted by atomic mass is 32.2. The van der Waals surface area contributed by atoms with E-state index in [9.17, 15) is 8.42 Å². The largest absolute Gasteiger partial charge is 0.315 e. The minimum absolute atomic E-state index is 0.408. The fraction of sp³-hybridized carbons (Fsp3) is 0.333. The van der Waals surface area contributed by atoms with E-state index in [4.69, 9.17) is 0 Å². The second-order valence-electron chi connectivity index (χ2n) is 4.08. The van der Waals surface area contributed by atoms with Crippen molar-refractivity contribution in [3.8, 4) is 0 Å². The number of rotatable bonds is 6. The summed E-state index contributed by atoms with van der Waals surface area (Å²) in [5.41, 5.74) is 0. The highest BCUT2D eigenvalue weighted by Crippen LogP contribution is 2.26. The molecule has 0 saturated heterocycles. The predicted octanol–water partition coefficient (Wildman–Crippen LogP) is 2.35. The quantitative estimate of drug-likeness (QED) is 0.890. The Bertz CT molecular complexity index is 617. The van der Waals surface area contributed by atoms with Crippen LogP contribution in [-0.4, -0.2) is 26.8 Å². The van der Waals surface area contributed by atoms with E-state index < -0.39 is 10.0 Å². The summed E-state index contributed by atoms with van der Waals surface area (Å²) >= 11 is 3.02. The molecule has 0 saturated carbocycles. The van der Waals surface area contributed by atoms with E-state index in [2.05, 4.69) is 5.32 Å². The predicted molar refractivity (Wildman–Crippen MR) is 80.1 cm³/mol. The molecular formula is C12H16N2O2S3. The van der Waals surface area contributed by atoms with Gasteiger partial charge in [-0.15, -0.1) is 22.7 Å². The van der Waals surface area contributed by atoms with E-state index in [1.54, 1.807) is 24.5 Å². The highest BCUT2D eigenvalue weighted by molar-refractivity contribution is 7.89. The van der Waals surface area contributed by atoms with Gasteiger partial charge in [-0.25, -0.2) is 8.42 Å². The summed E-state index contributed by atoms with van der Waals surface area (Å²) in [6, 6.07) is 5.55. The van der Waals surface area contributed by atoms with Gasteiger partial charge in [0.1, 0.15) is 0 Å². The lowest BCUT2D eigenvalue weighted by atomic mass is 10.5. The molecule has 7 heteroatoms. The number of hydrogen-bond donors (Lipinski definition) is 1. The van der Waals surface area contributed by atoms with Gasteiger partial charge in [0.05, 0.1) is 4.90 Å². The number of thiophene rings is 2. The maximum atomic E-state index is 12.5. The Morgan fingerprint density at radius 1 is 1.26 bits per heavy atom. The van der Waals surface area contributed by atoms with Crippen molar-refractivity contribution in [3.05, 3.63) is 38.7 Å². The van der Waals surface area contributed by atoms with E-state index in [0.717, 1.165) is 9.75 Å². The molecule has 2 aromatic heterocycles. The minimum Gasteiger partial charge on any atom is -0.315 e. The van der Waals surface area contributed by atoms with Crippen LogP contribution in [0.2, 0.25) is 0 Å². The summed E-state index contributed by atoms with van der Waals surface area (Å²) in [7, 11) is 0.0177. The summed E-state index contributed by atoms with van der Waals surface area (Å²) in [6.07, 6.45) is 0. The van der Waals surface area contributed by atoms with Crippen LogP contribution in [0.25, 0.3) is 0 Å². The van der Waals surface area contributed by atoms with Crippen LogP contribution in [0.3, 0.4) is 0 Å².